The number of hydrogen-bond donors (Lipinski definition) is 1. The lowest BCUT2D eigenvalue weighted by Crippen LogP contribution is -2.55. The first-order valence-electron chi connectivity index (χ1n) is 20.8. The average Bonchev–Trinajstić information content (AvgIpc) is 4.07. The monoisotopic (exact) mass is 858 g/mol. The van der Waals surface area contributed by atoms with Crippen LogP contribution >= 0.6 is 11.6 Å². The zero-order valence-electron chi connectivity index (χ0n) is 36.2. The molecule has 6 fully saturated rings. The highest BCUT2D eigenvalue weighted by Crippen LogP contribution is 2.61. The molecule has 0 amide bonds. The number of Topliss-reactive ketones (excluding diaryl/α,β-unsaturated/α-hetero) is 1. The molecule has 14 heteroatoms. The molecule has 8 unspecified atom stereocenters. The topological polar surface area (TPSA) is 176 Å². The van der Waals surface area contributed by atoms with Crippen LogP contribution in [-0.2, 0) is 57.1 Å². The largest absolute Gasteiger partial charge is 0.478 e. The van der Waals surface area contributed by atoms with Crippen molar-refractivity contribution in [3.8, 4) is 0 Å². The third-order valence-corrected chi connectivity index (χ3v) is 12.8. The van der Waals surface area contributed by atoms with E-state index in [-0.39, 0.29) is 82.8 Å². The van der Waals surface area contributed by atoms with Crippen LogP contribution in [-0.4, -0.2) is 121 Å². The number of carbonyl (C=O) groups is 4. The maximum Gasteiger partial charge on any atom is 0.331 e. The number of methoxy groups -OCH3 is 2. The number of rotatable bonds is 18. The standard InChI is InChI=1S/C26H34O7.C20H29ClO6/c1-18(2)13-14-20-25(3,33-20)24-23(30-4)19(15-16-26(24)17-31-26)32-22(29)12-10-8-6-5-7-9-11-21(27)28;1-12(2)5-6-15-19(3,27-15)18-17(24-4)14(7-8-20(18)11-25-20)26-16(23)9-13(22)10-21/h5-13,19-20,23-24H,14-17H2,1-4H3,(H,27,28);5,14-15,17-18H,6-11H2,1-4H3/b7-5+,8-6+,11-9+,12-10+;/t19?,20-,23?,24?,25+,26?;14?,15-,17?,18?,19+,20?/m11/s1. The SMILES string of the molecule is COC1C(OC(=O)/C=C/C=C/C=C/C=C/C(=O)O)CCC2(CO2)C1[C@@]1(C)O[C@@H]1CC=C(C)C.COC1C(OC(=O)CC(=O)CCl)CCC2(CO2)C1[C@@]1(C)O[C@@H]1CC=C(C)C. The van der Waals surface area contributed by atoms with Crippen molar-refractivity contribution in [3.63, 3.8) is 0 Å². The van der Waals surface area contributed by atoms with Crippen molar-refractivity contribution in [3.05, 3.63) is 71.9 Å². The number of carboxylic acids is 1. The Morgan fingerprint density at radius 3 is 1.53 bits per heavy atom. The molecule has 0 aromatic rings. The Kier molecular flexibility index (Phi) is 16.0. The molecule has 12 atom stereocenters. The summed E-state index contributed by atoms with van der Waals surface area (Å²) in [6.07, 6.45) is 19.5. The van der Waals surface area contributed by atoms with Crippen LogP contribution in [0.3, 0.4) is 0 Å². The first kappa shape index (κ1) is 47.6. The summed E-state index contributed by atoms with van der Waals surface area (Å²) < 4.78 is 47.2. The maximum absolute atomic E-state index is 12.4. The normalized spacial score (nSPS) is 37.5. The summed E-state index contributed by atoms with van der Waals surface area (Å²) in [6, 6.07) is 0. The second kappa shape index (κ2) is 20.2. The van der Waals surface area contributed by atoms with Crippen LogP contribution in [0, 0.1) is 11.8 Å². The van der Waals surface area contributed by atoms with E-state index < -0.39 is 24.0 Å². The number of aliphatic carboxylic acids is 1. The number of carbonyl (C=O) groups excluding carboxylic acids is 3. The van der Waals surface area contributed by atoms with E-state index in [0.717, 1.165) is 31.8 Å². The number of hydrogen-bond acceptors (Lipinski definition) is 12. The Morgan fingerprint density at radius 2 is 1.13 bits per heavy atom. The van der Waals surface area contributed by atoms with Crippen molar-refractivity contribution in [2.45, 2.75) is 146 Å². The van der Waals surface area contributed by atoms with E-state index >= 15 is 0 Å². The van der Waals surface area contributed by atoms with Gasteiger partial charge in [-0.1, -0.05) is 59.8 Å². The predicted molar refractivity (Wildman–Crippen MR) is 223 cm³/mol. The number of ether oxygens (including phenoxy) is 8. The quantitative estimate of drug-likeness (QED) is 0.0293. The first-order valence-corrected chi connectivity index (χ1v) is 21.4. The van der Waals surface area contributed by atoms with Crippen LogP contribution in [0.5, 0.6) is 0 Å². The highest BCUT2D eigenvalue weighted by atomic mass is 35.5. The van der Waals surface area contributed by atoms with E-state index in [2.05, 4.69) is 53.7 Å². The number of carboxylic acid groups (broad SMARTS) is 1. The van der Waals surface area contributed by atoms with Gasteiger partial charge in [0.25, 0.3) is 0 Å². The lowest BCUT2D eigenvalue weighted by Gasteiger charge is -2.42. The van der Waals surface area contributed by atoms with Gasteiger partial charge >= 0.3 is 17.9 Å². The maximum atomic E-state index is 12.4. The molecule has 2 saturated carbocycles. The predicted octanol–water partition coefficient (Wildman–Crippen LogP) is 6.72. The Morgan fingerprint density at radius 1 is 0.700 bits per heavy atom. The summed E-state index contributed by atoms with van der Waals surface area (Å²) in [7, 11) is 3.28. The molecule has 0 aromatic heterocycles. The molecule has 0 aromatic carbocycles. The number of epoxide rings is 4. The van der Waals surface area contributed by atoms with Crippen LogP contribution in [0.15, 0.2) is 71.9 Å². The summed E-state index contributed by atoms with van der Waals surface area (Å²) in [5, 5.41) is 8.51. The third-order valence-electron chi connectivity index (χ3n) is 12.5. The average molecular weight is 859 g/mol. The molecule has 4 aliphatic heterocycles. The van der Waals surface area contributed by atoms with E-state index in [0.29, 0.717) is 26.1 Å². The highest BCUT2D eigenvalue weighted by molar-refractivity contribution is 6.28. The lowest BCUT2D eigenvalue weighted by atomic mass is 9.68. The molecule has 0 bridgehead atoms. The van der Waals surface area contributed by atoms with E-state index in [9.17, 15) is 19.2 Å². The van der Waals surface area contributed by atoms with Gasteiger partial charge in [-0.05, 0) is 80.1 Å². The minimum Gasteiger partial charge on any atom is -0.478 e. The molecule has 4 heterocycles. The molecule has 1 N–H and O–H groups in total. The van der Waals surface area contributed by atoms with E-state index in [4.69, 9.17) is 54.6 Å². The Balaban J connectivity index is 0.000000232. The van der Waals surface area contributed by atoms with Crippen LogP contribution < -0.4 is 0 Å². The van der Waals surface area contributed by atoms with Crippen molar-refractivity contribution >= 4 is 35.3 Å². The Bertz CT molecular complexity index is 1750. The molecule has 4 saturated heterocycles. The van der Waals surface area contributed by atoms with E-state index in [1.807, 2.05) is 0 Å². The van der Waals surface area contributed by atoms with Crippen molar-refractivity contribution in [2.24, 2.45) is 11.8 Å². The van der Waals surface area contributed by atoms with Crippen LogP contribution in [0.4, 0.5) is 0 Å². The minimum atomic E-state index is -1.00. The van der Waals surface area contributed by atoms with Gasteiger partial charge in [0.1, 0.15) is 53.2 Å². The zero-order valence-corrected chi connectivity index (χ0v) is 36.9. The summed E-state index contributed by atoms with van der Waals surface area (Å²) in [5.74, 6) is -2.56. The van der Waals surface area contributed by atoms with Crippen LogP contribution in [0.2, 0.25) is 0 Å². The molecular formula is C46H63ClO13. The van der Waals surface area contributed by atoms with Crippen molar-refractivity contribution in [2.75, 3.05) is 33.3 Å². The van der Waals surface area contributed by atoms with Gasteiger partial charge in [0, 0.05) is 26.4 Å². The van der Waals surface area contributed by atoms with Crippen LogP contribution in [0.1, 0.15) is 86.5 Å². The van der Waals surface area contributed by atoms with Crippen LogP contribution in [0.25, 0.3) is 0 Å². The van der Waals surface area contributed by atoms with E-state index in [1.165, 1.54) is 23.3 Å². The van der Waals surface area contributed by atoms with Crippen molar-refractivity contribution < 1.29 is 62.2 Å². The fourth-order valence-electron chi connectivity index (χ4n) is 9.28. The number of esters is 2. The third kappa shape index (κ3) is 11.7. The smallest absolute Gasteiger partial charge is 0.331 e. The fourth-order valence-corrected chi connectivity index (χ4v) is 9.37. The fraction of sp³-hybridized carbons (Fsp3) is 0.652. The minimum absolute atomic E-state index is 0.00928. The van der Waals surface area contributed by atoms with Crippen molar-refractivity contribution in [1.29, 1.82) is 0 Å². The number of ketones is 1. The van der Waals surface area contributed by atoms with Gasteiger partial charge in [-0.15, -0.1) is 11.6 Å². The van der Waals surface area contributed by atoms with Gasteiger partial charge in [0.15, 0.2) is 5.78 Å². The molecule has 6 rings (SSSR count). The lowest BCUT2D eigenvalue weighted by molar-refractivity contribution is -0.172. The molecule has 13 nitrogen and oxygen atoms in total. The van der Waals surface area contributed by atoms with Gasteiger partial charge in [-0.3, -0.25) is 9.59 Å². The van der Waals surface area contributed by atoms with Gasteiger partial charge in [-0.25, -0.2) is 9.59 Å². The van der Waals surface area contributed by atoms with Crippen molar-refractivity contribution in [1.82, 2.24) is 0 Å². The number of allylic oxidation sites excluding steroid dienone is 8. The van der Waals surface area contributed by atoms with Gasteiger partial charge in [0.2, 0.25) is 0 Å². The second-order valence-electron chi connectivity index (χ2n) is 17.4. The molecule has 60 heavy (non-hydrogen) atoms. The second-order valence-corrected chi connectivity index (χ2v) is 17.7. The summed E-state index contributed by atoms with van der Waals surface area (Å²) >= 11 is 5.48. The molecule has 2 aliphatic carbocycles. The number of halogens is 1. The number of alkyl halides is 1. The molecule has 6 aliphatic rings. The molecule has 2 spiro atoms. The highest BCUT2D eigenvalue weighted by Gasteiger charge is 2.73. The van der Waals surface area contributed by atoms with Gasteiger partial charge in [-0.2, -0.15) is 0 Å². The molecule has 0 radical (unpaired) electrons. The zero-order chi connectivity index (χ0) is 43.9. The molecular weight excluding hydrogens is 796 g/mol. The molecule has 332 valence electrons. The Hall–Kier alpha value is -3.43. The van der Waals surface area contributed by atoms with Gasteiger partial charge in [0.05, 0.1) is 43.1 Å². The Labute approximate surface area is 359 Å². The first-order chi connectivity index (χ1) is 28.5. The van der Waals surface area contributed by atoms with Gasteiger partial charge < -0.3 is 43.0 Å². The summed E-state index contributed by atoms with van der Waals surface area (Å²) in [6.45, 7) is 13.9. The summed E-state index contributed by atoms with van der Waals surface area (Å²) in [4.78, 5) is 46.3. The summed E-state index contributed by atoms with van der Waals surface area (Å²) in [5.41, 5.74) is 1.26. The van der Waals surface area contributed by atoms with E-state index in [1.54, 1.807) is 44.6 Å².